The zero-order chi connectivity index (χ0) is 21.8. The molecule has 0 amide bonds. The molecule has 2 aromatic rings. The summed E-state index contributed by atoms with van der Waals surface area (Å²) in [4.78, 5) is 3.91. The van der Waals surface area contributed by atoms with Gasteiger partial charge in [0, 0.05) is 28.1 Å². The van der Waals surface area contributed by atoms with Gasteiger partial charge in [0.2, 0.25) is 10.0 Å². The van der Waals surface area contributed by atoms with Crippen LogP contribution in [0.4, 0.5) is 8.78 Å². The van der Waals surface area contributed by atoms with E-state index in [1.807, 2.05) is 6.07 Å². The van der Waals surface area contributed by atoms with Crippen LogP contribution in [0.2, 0.25) is 10.0 Å². The number of aliphatic hydroxyl groups is 1. The lowest BCUT2D eigenvalue weighted by atomic mass is 9.99. The van der Waals surface area contributed by atoms with Gasteiger partial charge < -0.3 is 10.8 Å². The molecule has 3 N–H and O–H groups in total. The smallest absolute Gasteiger partial charge is 0.263 e. The lowest BCUT2D eigenvalue weighted by Crippen LogP contribution is -2.38. The lowest BCUT2D eigenvalue weighted by Gasteiger charge is -2.22. The summed E-state index contributed by atoms with van der Waals surface area (Å²) >= 11 is 12.9. The molecule has 160 valence electrons. The van der Waals surface area contributed by atoms with E-state index in [9.17, 15) is 22.3 Å². The molecule has 0 saturated carbocycles. The first kappa shape index (κ1) is 21.5. The SMILES string of the molecule is NC1=NCc2ccc(-c3ccc(S(=O)(=O)N4CC(F)(F)C[C@H]4CO)cc3Cl)c(Cl)c21. The van der Waals surface area contributed by atoms with Crippen molar-refractivity contribution in [3.8, 4) is 11.1 Å². The van der Waals surface area contributed by atoms with Gasteiger partial charge in [0.15, 0.2) is 0 Å². The van der Waals surface area contributed by atoms with Crippen molar-refractivity contribution in [2.24, 2.45) is 10.7 Å². The predicted molar refractivity (Wildman–Crippen MR) is 111 cm³/mol. The van der Waals surface area contributed by atoms with Gasteiger partial charge in [0.1, 0.15) is 5.84 Å². The number of nitrogens with two attached hydrogens (primary N) is 1. The molecule has 2 heterocycles. The van der Waals surface area contributed by atoms with Crippen molar-refractivity contribution in [2.45, 2.75) is 29.8 Å². The van der Waals surface area contributed by atoms with Gasteiger partial charge in [-0.3, -0.25) is 4.99 Å². The van der Waals surface area contributed by atoms with Crippen molar-refractivity contribution in [3.05, 3.63) is 51.5 Å². The van der Waals surface area contributed by atoms with Crippen molar-refractivity contribution in [1.82, 2.24) is 4.31 Å². The average Bonchev–Trinajstić information content (AvgIpc) is 3.22. The number of sulfonamides is 1. The standard InChI is InChI=1S/C19H17Cl2F2N3O3S/c20-15-5-12(30(28,29)26-9-19(22,23)6-11(26)8-27)2-4-13(15)14-3-1-10-7-25-18(24)16(10)17(14)21/h1-5,11,27H,6-9H2,(H2,24,25)/t11-/m0/s1. The molecule has 1 fully saturated rings. The molecule has 0 spiro atoms. The number of aliphatic hydroxyl groups excluding tert-OH is 1. The van der Waals surface area contributed by atoms with Crippen LogP contribution < -0.4 is 5.73 Å². The summed E-state index contributed by atoms with van der Waals surface area (Å²) in [6.45, 7) is -1.26. The first-order valence-electron chi connectivity index (χ1n) is 8.97. The second kappa shape index (κ2) is 7.42. The molecular formula is C19H17Cl2F2N3O3S. The molecule has 1 saturated heterocycles. The van der Waals surface area contributed by atoms with Crippen LogP contribution in [0.25, 0.3) is 11.1 Å². The lowest BCUT2D eigenvalue weighted by molar-refractivity contribution is 0.0161. The van der Waals surface area contributed by atoms with E-state index in [0.717, 1.165) is 5.56 Å². The molecule has 0 radical (unpaired) electrons. The minimum Gasteiger partial charge on any atom is -0.395 e. The van der Waals surface area contributed by atoms with Crippen LogP contribution in [0.3, 0.4) is 0 Å². The molecule has 30 heavy (non-hydrogen) atoms. The van der Waals surface area contributed by atoms with Crippen LogP contribution in [-0.4, -0.2) is 48.8 Å². The van der Waals surface area contributed by atoms with Gasteiger partial charge in [0.05, 0.1) is 35.7 Å². The maximum Gasteiger partial charge on any atom is 0.263 e. The van der Waals surface area contributed by atoms with Crippen LogP contribution in [0, 0.1) is 0 Å². The number of hydrogen-bond donors (Lipinski definition) is 2. The van der Waals surface area contributed by atoms with E-state index in [-0.39, 0.29) is 9.92 Å². The number of nitrogens with zero attached hydrogens (tertiary/aromatic N) is 2. The Hall–Kier alpha value is -1.78. The third-order valence-corrected chi connectivity index (χ3v) is 7.88. The Bertz CT molecular complexity index is 1170. The van der Waals surface area contributed by atoms with E-state index in [2.05, 4.69) is 4.99 Å². The van der Waals surface area contributed by atoms with E-state index in [1.54, 1.807) is 6.07 Å². The minimum absolute atomic E-state index is 0.0814. The van der Waals surface area contributed by atoms with Gasteiger partial charge in [-0.25, -0.2) is 17.2 Å². The highest BCUT2D eigenvalue weighted by Gasteiger charge is 2.49. The van der Waals surface area contributed by atoms with Gasteiger partial charge >= 0.3 is 0 Å². The summed E-state index contributed by atoms with van der Waals surface area (Å²) in [5.74, 6) is -2.89. The van der Waals surface area contributed by atoms with Gasteiger partial charge in [-0.1, -0.05) is 41.4 Å². The Labute approximate surface area is 182 Å². The van der Waals surface area contributed by atoms with Crippen molar-refractivity contribution in [1.29, 1.82) is 0 Å². The fourth-order valence-corrected chi connectivity index (χ4v) is 6.20. The number of alkyl halides is 2. The van der Waals surface area contributed by atoms with Gasteiger partial charge in [-0.2, -0.15) is 4.31 Å². The van der Waals surface area contributed by atoms with Crippen LogP contribution in [0.5, 0.6) is 0 Å². The minimum atomic E-state index is -4.28. The second-order valence-corrected chi connectivity index (χ2v) is 9.93. The highest BCUT2D eigenvalue weighted by Crippen LogP contribution is 2.40. The summed E-state index contributed by atoms with van der Waals surface area (Å²) in [6.07, 6.45) is -0.734. The molecule has 0 unspecified atom stereocenters. The summed E-state index contributed by atoms with van der Waals surface area (Å²) < 4.78 is 54.0. The molecule has 0 bridgehead atoms. The zero-order valence-electron chi connectivity index (χ0n) is 15.4. The molecule has 2 aliphatic heterocycles. The van der Waals surface area contributed by atoms with Crippen molar-refractivity contribution >= 4 is 39.1 Å². The number of benzene rings is 2. The normalized spacial score (nSPS) is 21.0. The van der Waals surface area contributed by atoms with E-state index in [1.165, 1.54) is 18.2 Å². The highest BCUT2D eigenvalue weighted by atomic mass is 35.5. The third-order valence-electron chi connectivity index (χ3n) is 5.28. The van der Waals surface area contributed by atoms with Gasteiger partial charge in [-0.05, 0) is 17.7 Å². The number of halogens is 4. The quantitative estimate of drug-likeness (QED) is 0.708. The molecule has 2 aromatic carbocycles. The number of amidine groups is 1. The van der Waals surface area contributed by atoms with Gasteiger partial charge in [0.25, 0.3) is 5.92 Å². The molecule has 1 atom stereocenters. The van der Waals surface area contributed by atoms with Crippen molar-refractivity contribution in [3.63, 3.8) is 0 Å². The molecule has 2 aliphatic rings. The number of aliphatic imine (C=N–C) groups is 1. The maximum absolute atomic E-state index is 13.7. The third kappa shape index (κ3) is 3.48. The first-order chi connectivity index (χ1) is 14.0. The maximum atomic E-state index is 13.7. The monoisotopic (exact) mass is 475 g/mol. The number of rotatable bonds is 4. The molecule has 0 aliphatic carbocycles. The predicted octanol–water partition coefficient (Wildman–Crippen LogP) is 3.27. The van der Waals surface area contributed by atoms with Crippen LogP contribution in [0.15, 0.2) is 40.2 Å². The molecule has 4 rings (SSSR count). The Kier molecular flexibility index (Phi) is 5.31. The first-order valence-corrected chi connectivity index (χ1v) is 11.2. The average molecular weight is 476 g/mol. The summed E-state index contributed by atoms with van der Waals surface area (Å²) in [6, 6.07) is 6.30. The van der Waals surface area contributed by atoms with Crippen LogP contribution in [0.1, 0.15) is 17.5 Å². The Morgan fingerprint density at radius 3 is 2.60 bits per heavy atom. The zero-order valence-corrected chi connectivity index (χ0v) is 17.8. The fraction of sp³-hybridized carbons (Fsp3) is 0.316. The van der Waals surface area contributed by atoms with Crippen molar-refractivity contribution in [2.75, 3.05) is 13.2 Å². The molecule has 0 aromatic heterocycles. The summed E-state index contributed by atoms with van der Waals surface area (Å²) in [5, 5.41) is 9.79. The summed E-state index contributed by atoms with van der Waals surface area (Å²) in [7, 11) is -4.28. The van der Waals surface area contributed by atoms with Crippen molar-refractivity contribution < 1.29 is 22.3 Å². The largest absolute Gasteiger partial charge is 0.395 e. The number of fused-ring (bicyclic) bond motifs is 1. The molecular weight excluding hydrogens is 459 g/mol. The van der Waals surface area contributed by atoms with E-state index < -0.39 is 41.6 Å². The number of hydrogen-bond acceptors (Lipinski definition) is 5. The van der Waals surface area contributed by atoms with E-state index >= 15 is 0 Å². The fourth-order valence-electron chi connectivity index (χ4n) is 3.80. The Balaban J connectivity index is 1.73. The van der Waals surface area contributed by atoms with E-state index in [4.69, 9.17) is 28.9 Å². The Morgan fingerprint density at radius 1 is 1.23 bits per heavy atom. The molecule has 6 nitrogen and oxygen atoms in total. The molecule has 11 heteroatoms. The van der Waals surface area contributed by atoms with Gasteiger partial charge in [-0.15, -0.1) is 0 Å². The Morgan fingerprint density at radius 2 is 1.93 bits per heavy atom. The summed E-state index contributed by atoms with van der Waals surface area (Å²) in [5.41, 5.74) is 8.40. The van der Waals surface area contributed by atoms with E-state index in [0.29, 0.717) is 38.4 Å². The second-order valence-electron chi connectivity index (χ2n) is 7.25. The van der Waals surface area contributed by atoms with Crippen LogP contribution in [-0.2, 0) is 16.6 Å². The highest BCUT2D eigenvalue weighted by molar-refractivity contribution is 7.89. The van der Waals surface area contributed by atoms with Crippen LogP contribution >= 0.6 is 23.2 Å². The topological polar surface area (TPSA) is 96.0 Å².